The summed E-state index contributed by atoms with van der Waals surface area (Å²) in [5, 5.41) is 0. The normalized spacial score (nSPS) is 35.2. The maximum atomic E-state index is 5.68. The van der Waals surface area contributed by atoms with Crippen molar-refractivity contribution in [1.82, 2.24) is 0 Å². The van der Waals surface area contributed by atoms with E-state index in [9.17, 15) is 0 Å². The molecule has 0 bridgehead atoms. The minimum Gasteiger partial charge on any atom is -0.497 e. The van der Waals surface area contributed by atoms with Crippen molar-refractivity contribution in [3.63, 3.8) is 0 Å². The van der Waals surface area contributed by atoms with Crippen LogP contribution in [0.15, 0.2) is 30.4 Å². The fraction of sp³-hybridized carbons (Fsp3) is 0.652. The van der Waals surface area contributed by atoms with Crippen LogP contribution >= 0.6 is 0 Å². The van der Waals surface area contributed by atoms with E-state index < -0.39 is 0 Å². The lowest BCUT2D eigenvalue weighted by atomic mass is 9.46. The smallest absolute Gasteiger partial charge is 0.122 e. The molecular formula is C23H34O2. The number of allylic oxidation sites excluding steroid dienone is 1. The van der Waals surface area contributed by atoms with Crippen molar-refractivity contribution in [2.75, 3.05) is 14.2 Å². The molecule has 25 heavy (non-hydrogen) atoms. The van der Waals surface area contributed by atoms with Crippen LogP contribution in [0.2, 0.25) is 0 Å². The van der Waals surface area contributed by atoms with Crippen LogP contribution in [-0.4, -0.2) is 14.2 Å². The highest BCUT2D eigenvalue weighted by molar-refractivity contribution is 5.41. The third-order valence-corrected chi connectivity index (χ3v) is 7.63. The average molecular weight is 343 g/mol. The van der Waals surface area contributed by atoms with Crippen LogP contribution in [0.5, 0.6) is 11.5 Å². The standard InChI is InChI=1S/C23H34O2/c1-16-8-7-9-21-22(16,3)13-12-17(2)23(21,4)15-18-14-19(24-5)10-11-20(18)25-6/h10-11,14,17,21H,1,7-9,12-13,15H2,2-6H3/t17-,21-,22+,23-/m1/s1. The molecule has 0 spiro atoms. The van der Waals surface area contributed by atoms with Crippen molar-refractivity contribution in [2.24, 2.45) is 22.7 Å². The van der Waals surface area contributed by atoms with Gasteiger partial charge in [0.25, 0.3) is 0 Å². The molecule has 1 aromatic carbocycles. The van der Waals surface area contributed by atoms with Crippen LogP contribution in [-0.2, 0) is 6.42 Å². The Labute approximate surface area is 153 Å². The Kier molecular flexibility index (Phi) is 4.92. The Balaban J connectivity index is 2.00. The summed E-state index contributed by atoms with van der Waals surface area (Å²) in [7, 11) is 3.50. The van der Waals surface area contributed by atoms with E-state index in [1.54, 1.807) is 14.2 Å². The molecule has 2 saturated carbocycles. The number of methoxy groups -OCH3 is 2. The summed E-state index contributed by atoms with van der Waals surface area (Å²) in [6.45, 7) is 11.9. The second-order valence-corrected chi connectivity index (χ2v) is 8.77. The van der Waals surface area contributed by atoms with E-state index in [0.717, 1.165) is 17.9 Å². The highest BCUT2D eigenvalue weighted by Crippen LogP contribution is 2.62. The summed E-state index contributed by atoms with van der Waals surface area (Å²) in [5.41, 5.74) is 3.32. The summed E-state index contributed by atoms with van der Waals surface area (Å²) in [6, 6.07) is 6.20. The van der Waals surface area contributed by atoms with Gasteiger partial charge in [0, 0.05) is 0 Å². The number of rotatable bonds is 4. The fourth-order valence-electron chi connectivity index (χ4n) is 5.70. The lowest BCUT2D eigenvalue weighted by Crippen LogP contribution is -2.51. The Hall–Kier alpha value is -1.44. The highest BCUT2D eigenvalue weighted by atomic mass is 16.5. The number of hydrogen-bond acceptors (Lipinski definition) is 2. The maximum Gasteiger partial charge on any atom is 0.122 e. The van der Waals surface area contributed by atoms with E-state index in [4.69, 9.17) is 9.47 Å². The van der Waals surface area contributed by atoms with Gasteiger partial charge in [-0.25, -0.2) is 0 Å². The molecule has 2 nitrogen and oxygen atoms in total. The predicted octanol–water partition coefficient (Wildman–Crippen LogP) is 6.05. The van der Waals surface area contributed by atoms with E-state index in [1.165, 1.54) is 43.2 Å². The molecule has 138 valence electrons. The van der Waals surface area contributed by atoms with Gasteiger partial charge in [0.1, 0.15) is 11.5 Å². The van der Waals surface area contributed by atoms with Crippen LogP contribution in [0.3, 0.4) is 0 Å². The monoisotopic (exact) mass is 342 g/mol. The van der Waals surface area contributed by atoms with Crippen molar-refractivity contribution < 1.29 is 9.47 Å². The molecule has 2 fully saturated rings. The van der Waals surface area contributed by atoms with Gasteiger partial charge in [0.05, 0.1) is 14.2 Å². The Morgan fingerprint density at radius 1 is 1.16 bits per heavy atom. The van der Waals surface area contributed by atoms with Crippen molar-refractivity contribution in [3.05, 3.63) is 35.9 Å². The predicted molar refractivity (Wildman–Crippen MR) is 104 cm³/mol. The zero-order valence-electron chi connectivity index (χ0n) is 16.7. The average Bonchev–Trinajstić information content (AvgIpc) is 2.60. The molecule has 0 N–H and O–H groups in total. The molecule has 1 aromatic rings. The van der Waals surface area contributed by atoms with Crippen LogP contribution < -0.4 is 9.47 Å². The summed E-state index contributed by atoms with van der Waals surface area (Å²) in [4.78, 5) is 0. The van der Waals surface area contributed by atoms with Crippen molar-refractivity contribution >= 4 is 0 Å². The number of hydrogen-bond donors (Lipinski definition) is 0. The Morgan fingerprint density at radius 2 is 1.92 bits per heavy atom. The minimum atomic E-state index is 0.260. The van der Waals surface area contributed by atoms with E-state index in [0.29, 0.717) is 17.3 Å². The molecule has 2 aliphatic carbocycles. The van der Waals surface area contributed by atoms with Crippen molar-refractivity contribution in [1.29, 1.82) is 0 Å². The molecule has 0 saturated heterocycles. The fourth-order valence-corrected chi connectivity index (χ4v) is 5.70. The SMILES string of the molecule is C=C1CCC[C@H]2[C@](C)(Cc3cc(OC)ccc3OC)[C@H](C)CC[C@@]12C. The van der Waals surface area contributed by atoms with Gasteiger partial charge in [0.2, 0.25) is 0 Å². The summed E-state index contributed by atoms with van der Waals surface area (Å²) < 4.78 is 11.2. The maximum absolute atomic E-state index is 5.68. The van der Waals surface area contributed by atoms with Crippen molar-refractivity contribution in [3.8, 4) is 11.5 Å². The third-order valence-electron chi connectivity index (χ3n) is 7.63. The topological polar surface area (TPSA) is 18.5 Å². The summed E-state index contributed by atoms with van der Waals surface area (Å²) >= 11 is 0. The number of ether oxygens (including phenoxy) is 2. The second-order valence-electron chi connectivity index (χ2n) is 8.77. The highest BCUT2D eigenvalue weighted by Gasteiger charge is 2.53. The minimum absolute atomic E-state index is 0.260. The number of benzene rings is 1. The molecular weight excluding hydrogens is 308 g/mol. The van der Waals surface area contributed by atoms with E-state index in [1.807, 2.05) is 12.1 Å². The molecule has 0 heterocycles. The number of fused-ring (bicyclic) bond motifs is 1. The first-order valence-corrected chi connectivity index (χ1v) is 9.74. The second kappa shape index (κ2) is 6.70. The first-order valence-electron chi connectivity index (χ1n) is 9.74. The Morgan fingerprint density at radius 3 is 2.60 bits per heavy atom. The van der Waals surface area contributed by atoms with Crippen LogP contribution in [0, 0.1) is 22.7 Å². The molecule has 2 aliphatic rings. The van der Waals surface area contributed by atoms with Gasteiger partial charge in [-0.2, -0.15) is 0 Å². The third kappa shape index (κ3) is 2.98. The largest absolute Gasteiger partial charge is 0.497 e. The van der Waals surface area contributed by atoms with E-state index in [2.05, 4.69) is 33.4 Å². The molecule has 0 amide bonds. The lowest BCUT2D eigenvalue weighted by Gasteiger charge is -2.59. The molecule has 2 heteroatoms. The van der Waals surface area contributed by atoms with E-state index >= 15 is 0 Å². The van der Waals surface area contributed by atoms with E-state index in [-0.39, 0.29) is 5.41 Å². The summed E-state index contributed by atoms with van der Waals surface area (Å²) in [6.07, 6.45) is 7.44. The zero-order chi connectivity index (χ0) is 18.2. The first kappa shape index (κ1) is 18.4. The van der Waals surface area contributed by atoms with Gasteiger partial charge in [-0.05, 0) is 85.0 Å². The molecule has 0 aromatic heterocycles. The van der Waals surface area contributed by atoms with Crippen molar-refractivity contribution in [2.45, 2.75) is 59.3 Å². The van der Waals surface area contributed by atoms with Gasteiger partial charge in [-0.15, -0.1) is 0 Å². The molecule has 0 unspecified atom stereocenters. The van der Waals surface area contributed by atoms with Gasteiger partial charge in [-0.1, -0.05) is 32.9 Å². The van der Waals surface area contributed by atoms with Crippen LogP contribution in [0.4, 0.5) is 0 Å². The van der Waals surface area contributed by atoms with Gasteiger partial charge in [0.15, 0.2) is 0 Å². The first-order chi connectivity index (χ1) is 11.8. The van der Waals surface area contributed by atoms with Crippen LogP contribution in [0.25, 0.3) is 0 Å². The quantitative estimate of drug-likeness (QED) is 0.621. The zero-order valence-corrected chi connectivity index (χ0v) is 16.7. The van der Waals surface area contributed by atoms with Crippen LogP contribution in [0.1, 0.15) is 58.4 Å². The molecule has 0 aliphatic heterocycles. The van der Waals surface area contributed by atoms with Gasteiger partial charge >= 0.3 is 0 Å². The molecule has 4 atom stereocenters. The van der Waals surface area contributed by atoms with Gasteiger partial charge < -0.3 is 9.47 Å². The Bertz CT molecular complexity index is 649. The summed E-state index contributed by atoms with van der Waals surface area (Å²) in [5.74, 6) is 3.29. The molecule has 3 rings (SSSR count). The lowest BCUT2D eigenvalue weighted by molar-refractivity contribution is -0.0491. The molecule has 0 radical (unpaired) electrons. The van der Waals surface area contributed by atoms with Gasteiger partial charge in [-0.3, -0.25) is 0 Å².